The van der Waals surface area contributed by atoms with Gasteiger partial charge in [0, 0.05) is 38.6 Å². The first-order chi connectivity index (χ1) is 9.49. The minimum atomic E-state index is -0.451. The summed E-state index contributed by atoms with van der Waals surface area (Å²) >= 11 is 0. The summed E-state index contributed by atoms with van der Waals surface area (Å²) in [5.41, 5.74) is 0.964. The van der Waals surface area contributed by atoms with Crippen LogP contribution in [0.1, 0.15) is 18.9 Å². The molecule has 0 radical (unpaired) electrons. The zero-order valence-electron chi connectivity index (χ0n) is 11.2. The molecule has 7 heteroatoms. The van der Waals surface area contributed by atoms with E-state index in [0.717, 1.165) is 5.56 Å². The average molecular weight is 279 g/mol. The van der Waals surface area contributed by atoms with Crippen molar-refractivity contribution < 1.29 is 14.5 Å². The van der Waals surface area contributed by atoms with Gasteiger partial charge in [-0.2, -0.15) is 0 Å². The highest BCUT2D eigenvalue weighted by Crippen LogP contribution is 2.11. The van der Waals surface area contributed by atoms with Gasteiger partial charge in [0.25, 0.3) is 5.69 Å². The minimum Gasteiger partial charge on any atom is -0.356 e. The van der Waals surface area contributed by atoms with Gasteiger partial charge in [-0.25, -0.2) is 0 Å². The standard InChI is InChI=1S/C13H17N3O4/c1-10(17)14-9-7-13(18)15-8-6-11-2-4-12(5-3-11)16(19)20/h2-5H,6-9H2,1H3,(H,14,17)(H,15,18). The highest BCUT2D eigenvalue weighted by molar-refractivity contribution is 5.77. The maximum Gasteiger partial charge on any atom is 0.269 e. The van der Waals surface area contributed by atoms with Gasteiger partial charge >= 0.3 is 0 Å². The van der Waals surface area contributed by atoms with Gasteiger partial charge in [0.1, 0.15) is 0 Å². The van der Waals surface area contributed by atoms with Gasteiger partial charge in [-0.05, 0) is 12.0 Å². The summed E-state index contributed by atoms with van der Waals surface area (Å²) < 4.78 is 0. The van der Waals surface area contributed by atoms with E-state index in [2.05, 4.69) is 10.6 Å². The number of non-ortho nitro benzene ring substituents is 1. The smallest absolute Gasteiger partial charge is 0.269 e. The predicted octanol–water partition coefficient (Wildman–Crippen LogP) is 0.780. The number of amides is 2. The molecular formula is C13H17N3O4. The molecule has 0 spiro atoms. The number of carbonyl (C=O) groups excluding carboxylic acids is 2. The number of carbonyl (C=O) groups is 2. The van der Waals surface area contributed by atoms with Gasteiger partial charge in [-0.1, -0.05) is 12.1 Å². The van der Waals surface area contributed by atoms with Crippen LogP contribution < -0.4 is 10.6 Å². The summed E-state index contributed by atoms with van der Waals surface area (Å²) in [4.78, 5) is 32.0. The molecule has 7 nitrogen and oxygen atoms in total. The summed E-state index contributed by atoms with van der Waals surface area (Å²) in [5, 5.41) is 15.7. The van der Waals surface area contributed by atoms with E-state index < -0.39 is 4.92 Å². The fourth-order valence-corrected chi connectivity index (χ4v) is 1.57. The predicted molar refractivity (Wildman–Crippen MR) is 73.1 cm³/mol. The Labute approximate surface area is 116 Å². The van der Waals surface area contributed by atoms with Crippen LogP contribution in [0.3, 0.4) is 0 Å². The number of nitro groups is 1. The van der Waals surface area contributed by atoms with Gasteiger partial charge in [0.05, 0.1) is 4.92 Å². The fraction of sp³-hybridized carbons (Fsp3) is 0.385. The second-order valence-electron chi connectivity index (χ2n) is 4.26. The van der Waals surface area contributed by atoms with Gasteiger partial charge in [-0.3, -0.25) is 19.7 Å². The molecule has 2 N–H and O–H groups in total. The number of nitro benzene ring substituents is 1. The number of nitrogens with zero attached hydrogens (tertiary/aromatic N) is 1. The lowest BCUT2D eigenvalue weighted by Crippen LogP contribution is -2.30. The van der Waals surface area contributed by atoms with Crippen LogP contribution in [0.2, 0.25) is 0 Å². The molecule has 0 fully saturated rings. The molecule has 20 heavy (non-hydrogen) atoms. The molecular weight excluding hydrogens is 262 g/mol. The molecule has 0 atom stereocenters. The minimum absolute atomic E-state index is 0.0492. The first-order valence-corrected chi connectivity index (χ1v) is 6.23. The van der Waals surface area contributed by atoms with E-state index >= 15 is 0 Å². The molecule has 0 aliphatic carbocycles. The van der Waals surface area contributed by atoms with Crippen molar-refractivity contribution in [3.63, 3.8) is 0 Å². The van der Waals surface area contributed by atoms with Crippen molar-refractivity contribution in [1.29, 1.82) is 0 Å². The van der Waals surface area contributed by atoms with Crippen molar-refractivity contribution in [3.05, 3.63) is 39.9 Å². The van der Waals surface area contributed by atoms with E-state index in [1.54, 1.807) is 12.1 Å². The zero-order chi connectivity index (χ0) is 15.0. The summed E-state index contributed by atoms with van der Waals surface area (Å²) in [6.45, 7) is 2.17. The van der Waals surface area contributed by atoms with Crippen LogP contribution in [0.4, 0.5) is 5.69 Å². The van der Waals surface area contributed by atoms with Crippen molar-refractivity contribution in [3.8, 4) is 0 Å². The van der Waals surface area contributed by atoms with E-state index in [9.17, 15) is 19.7 Å². The van der Waals surface area contributed by atoms with Gasteiger partial charge in [0.15, 0.2) is 0 Å². The third kappa shape index (κ3) is 5.94. The Balaban J connectivity index is 2.24. The average Bonchev–Trinajstić information content (AvgIpc) is 2.39. The Hall–Kier alpha value is -2.44. The SMILES string of the molecule is CC(=O)NCCC(=O)NCCc1ccc([N+](=O)[O-])cc1. The molecule has 0 unspecified atom stereocenters. The Kier molecular flexibility index (Phi) is 6.15. The molecule has 0 aromatic heterocycles. The van der Waals surface area contributed by atoms with E-state index in [4.69, 9.17) is 0 Å². The number of hydrogen-bond acceptors (Lipinski definition) is 4. The molecule has 0 aliphatic rings. The van der Waals surface area contributed by atoms with Crippen LogP contribution in [0, 0.1) is 10.1 Å². The second kappa shape index (κ2) is 7.88. The molecule has 1 aromatic rings. The Morgan fingerprint density at radius 2 is 1.80 bits per heavy atom. The lowest BCUT2D eigenvalue weighted by molar-refractivity contribution is -0.384. The summed E-state index contributed by atoms with van der Waals surface area (Å²) in [6, 6.07) is 6.21. The summed E-state index contributed by atoms with van der Waals surface area (Å²) in [5.74, 6) is -0.302. The number of hydrogen-bond donors (Lipinski definition) is 2. The summed E-state index contributed by atoms with van der Waals surface area (Å²) in [6.07, 6.45) is 0.837. The van der Waals surface area contributed by atoms with Crippen LogP contribution in [-0.2, 0) is 16.0 Å². The van der Waals surface area contributed by atoms with Crippen LogP contribution >= 0.6 is 0 Å². The molecule has 2 amide bonds. The third-order valence-corrected chi connectivity index (χ3v) is 2.61. The maximum absolute atomic E-state index is 11.4. The highest BCUT2D eigenvalue weighted by atomic mass is 16.6. The molecule has 1 rings (SSSR count). The van der Waals surface area contributed by atoms with Gasteiger partial charge in [0.2, 0.25) is 11.8 Å². The zero-order valence-corrected chi connectivity index (χ0v) is 11.2. The Bertz CT molecular complexity index is 485. The second-order valence-corrected chi connectivity index (χ2v) is 4.26. The quantitative estimate of drug-likeness (QED) is 0.568. The van der Waals surface area contributed by atoms with Crippen molar-refractivity contribution in [2.75, 3.05) is 13.1 Å². The van der Waals surface area contributed by atoms with Crippen molar-refractivity contribution in [2.24, 2.45) is 0 Å². The lowest BCUT2D eigenvalue weighted by Gasteiger charge is -2.05. The van der Waals surface area contributed by atoms with Gasteiger partial charge < -0.3 is 10.6 Å². The molecule has 0 heterocycles. The number of benzene rings is 1. The largest absolute Gasteiger partial charge is 0.356 e. The fourth-order valence-electron chi connectivity index (χ4n) is 1.57. The van der Waals surface area contributed by atoms with Crippen LogP contribution in [0.5, 0.6) is 0 Å². The normalized spacial score (nSPS) is 9.85. The molecule has 0 bridgehead atoms. The van der Waals surface area contributed by atoms with Crippen molar-refractivity contribution in [1.82, 2.24) is 10.6 Å². The highest BCUT2D eigenvalue weighted by Gasteiger charge is 2.04. The topological polar surface area (TPSA) is 101 Å². The third-order valence-electron chi connectivity index (χ3n) is 2.61. The monoisotopic (exact) mass is 279 g/mol. The van der Waals surface area contributed by atoms with Gasteiger partial charge in [-0.15, -0.1) is 0 Å². The Morgan fingerprint density at radius 1 is 1.15 bits per heavy atom. The molecule has 0 aliphatic heterocycles. The first kappa shape index (κ1) is 15.6. The van der Waals surface area contributed by atoms with Crippen molar-refractivity contribution >= 4 is 17.5 Å². The summed E-state index contributed by atoms with van der Waals surface area (Å²) in [7, 11) is 0. The molecule has 0 saturated carbocycles. The molecule has 1 aromatic carbocycles. The van der Waals surface area contributed by atoms with E-state index in [0.29, 0.717) is 19.5 Å². The number of nitrogens with one attached hydrogen (secondary N) is 2. The first-order valence-electron chi connectivity index (χ1n) is 6.23. The maximum atomic E-state index is 11.4. The number of rotatable bonds is 7. The molecule has 108 valence electrons. The van der Waals surface area contributed by atoms with Crippen LogP contribution in [0.25, 0.3) is 0 Å². The van der Waals surface area contributed by atoms with Crippen molar-refractivity contribution in [2.45, 2.75) is 19.8 Å². The van der Waals surface area contributed by atoms with Crippen LogP contribution in [-0.4, -0.2) is 29.8 Å². The Morgan fingerprint density at radius 3 is 2.35 bits per heavy atom. The van der Waals surface area contributed by atoms with Crippen LogP contribution in [0.15, 0.2) is 24.3 Å². The molecule has 0 saturated heterocycles. The van der Waals surface area contributed by atoms with E-state index in [1.165, 1.54) is 19.1 Å². The lowest BCUT2D eigenvalue weighted by atomic mass is 10.1. The van der Waals surface area contributed by atoms with E-state index in [1.807, 2.05) is 0 Å². The van der Waals surface area contributed by atoms with E-state index in [-0.39, 0.29) is 23.9 Å².